The maximum atomic E-state index is 13.6. The number of carbonyl (C=O) groups excluding carboxylic acids is 2. The minimum atomic E-state index is -0.535. The number of pyridine rings is 2. The van der Waals surface area contributed by atoms with Gasteiger partial charge in [0, 0.05) is 30.9 Å². The summed E-state index contributed by atoms with van der Waals surface area (Å²) < 4.78 is 1.33. The normalized spacial score (nSPS) is 16.7. The summed E-state index contributed by atoms with van der Waals surface area (Å²) in [7, 11) is 0. The van der Waals surface area contributed by atoms with E-state index in [1.165, 1.54) is 4.57 Å². The molecule has 4 aromatic rings. The summed E-state index contributed by atoms with van der Waals surface area (Å²) in [6, 6.07) is 9.41. The Balaban J connectivity index is 1.40. The van der Waals surface area contributed by atoms with Crippen LogP contribution in [0, 0.1) is 12.3 Å². The molecule has 2 aliphatic rings. The SMILES string of the molecule is Cc1ccc(CNC(=O)c2cc3c4nc(C5CC5)[nH]c4cnc3n(CC(=O)N3CC(C)(C)C3)c2=O)cc1. The van der Waals surface area contributed by atoms with Crippen molar-refractivity contribution in [2.45, 2.75) is 52.6 Å². The Morgan fingerprint density at radius 1 is 1.16 bits per heavy atom. The van der Waals surface area contributed by atoms with Crippen LogP contribution >= 0.6 is 0 Å². The summed E-state index contributed by atoms with van der Waals surface area (Å²) in [5, 5.41) is 3.44. The van der Waals surface area contributed by atoms with E-state index >= 15 is 0 Å². The number of nitrogens with one attached hydrogen (secondary N) is 2. The number of amides is 2. The van der Waals surface area contributed by atoms with E-state index in [0.29, 0.717) is 35.6 Å². The molecule has 1 saturated carbocycles. The van der Waals surface area contributed by atoms with Gasteiger partial charge in [-0.25, -0.2) is 9.97 Å². The van der Waals surface area contributed by atoms with Gasteiger partial charge >= 0.3 is 0 Å². The van der Waals surface area contributed by atoms with Crippen molar-refractivity contribution in [1.29, 1.82) is 0 Å². The lowest BCUT2D eigenvalue weighted by atomic mass is 9.84. The fraction of sp³-hybridized carbons (Fsp3) is 0.393. The van der Waals surface area contributed by atoms with Crippen LogP contribution in [0.15, 0.2) is 41.3 Å². The predicted octanol–water partition coefficient (Wildman–Crippen LogP) is 3.26. The minimum Gasteiger partial charge on any atom is -0.348 e. The molecule has 0 bridgehead atoms. The summed E-state index contributed by atoms with van der Waals surface area (Å²) in [6.45, 7) is 7.59. The molecule has 9 nitrogen and oxygen atoms in total. The fourth-order valence-electron chi connectivity index (χ4n) is 5.04. The number of imidazole rings is 1. The molecular weight excluding hydrogens is 468 g/mol. The first-order valence-corrected chi connectivity index (χ1v) is 12.7. The molecule has 9 heteroatoms. The topological polar surface area (TPSA) is 113 Å². The zero-order valence-corrected chi connectivity index (χ0v) is 21.3. The number of H-pyrrole nitrogens is 1. The van der Waals surface area contributed by atoms with E-state index in [9.17, 15) is 14.4 Å². The zero-order valence-electron chi connectivity index (χ0n) is 21.3. The Kier molecular flexibility index (Phi) is 5.40. The lowest BCUT2D eigenvalue weighted by molar-refractivity contribution is -0.142. The Bertz CT molecular complexity index is 1600. The fourth-order valence-corrected chi connectivity index (χ4v) is 5.04. The highest BCUT2D eigenvalue weighted by molar-refractivity contribution is 6.05. The monoisotopic (exact) mass is 498 g/mol. The second-order valence-electron chi connectivity index (χ2n) is 11.2. The van der Waals surface area contributed by atoms with E-state index in [-0.39, 0.29) is 30.0 Å². The quantitative estimate of drug-likeness (QED) is 0.424. The molecular formula is C28H30N6O3. The van der Waals surface area contributed by atoms with Gasteiger partial charge in [0.2, 0.25) is 5.91 Å². The third-order valence-electron chi connectivity index (χ3n) is 7.25. The van der Waals surface area contributed by atoms with Crippen LogP contribution in [0.1, 0.15) is 59.9 Å². The first kappa shape index (κ1) is 23.4. The van der Waals surface area contributed by atoms with Gasteiger partial charge in [0.15, 0.2) is 0 Å². The van der Waals surface area contributed by atoms with Crippen LogP contribution in [-0.4, -0.2) is 49.3 Å². The molecule has 0 unspecified atom stereocenters. The number of nitrogens with zero attached hydrogens (tertiary/aromatic N) is 4. The predicted molar refractivity (Wildman–Crippen MR) is 140 cm³/mol. The third-order valence-corrected chi connectivity index (χ3v) is 7.25. The second kappa shape index (κ2) is 8.54. The van der Waals surface area contributed by atoms with Crippen molar-refractivity contribution in [3.63, 3.8) is 0 Å². The van der Waals surface area contributed by atoms with Crippen molar-refractivity contribution < 1.29 is 9.59 Å². The Hall–Kier alpha value is -4.01. The third kappa shape index (κ3) is 4.39. The van der Waals surface area contributed by atoms with E-state index in [2.05, 4.69) is 29.1 Å². The van der Waals surface area contributed by atoms with Crippen LogP contribution in [0.2, 0.25) is 0 Å². The lowest BCUT2D eigenvalue weighted by Crippen LogP contribution is -2.56. The Morgan fingerprint density at radius 3 is 2.57 bits per heavy atom. The van der Waals surface area contributed by atoms with Crippen molar-refractivity contribution in [1.82, 2.24) is 29.7 Å². The molecule has 37 heavy (non-hydrogen) atoms. The summed E-state index contributed by atoms with van der Waals surface area (Å²) in [5.74, 6) is 0.643. The van der Waals surface area contributed by atoms with Gasteiger partial charge in [0.1, 0.15) is 29.1 Å². The summed E-state index contributed by atoms with van der Waals surface area (Å²) in [4.78, 5) is 54.3. The number of aromatic nitrogens is 4. The highest BCUT2D eigenvalue weighted by atomic mass is 16.2. The molecule has 0 spiro atoms. The molecule has 6 rings (SSSR count). The van der Waals surface area contributed by atoms with E-state index in [1.54, 1.807) is 17.2 Å². The van der Waals surface area contributed by atoms with Gasteiger partial charge in [0.05, 0.1) is 11.7 Å². The number of rotatable bonds is 6. The summed E-state index contributed by atoms with van der Waals surface area (Å²) in [5.41, 5.74) is 3.33. The summed E-state index contributed by atoms with van der Waals surface area (Å²) >= 11 is 0. The van der Waals surface area contributed by atoms with Crippen molar-refractivity contribution in [2.24, 2.45) is 5.41 Å². The molecule has 2 fully saturated rings. The maximum Gasteiger partial charge on any atom is 0.265 e. The second-order valence-corrected chi connectivity index (χ2v) is 11.2. The van der Waals surface area contributed by atoms with Crippen molar-refractivity contribution in [3.05, 3.63) is 69.4 Å². The van der Waals surface area contributed by atoms with Gasteiger partial charge in [-0.15, -0.1) is 0 Å². The number of carbonyl (C=O) groups is 2. The van der Waals surface area contributed by atoms with Crippen LogP contribution in [0.5, 0.6) is 0 Å². The lowest BCUT2D eigenvalue weighted by Gasteiger charge is -2.45. The van der Waals surface area contributed by atoms with Gasteiger partial charge in [-0.1, -0.05) is 43.7 Å². The number of likely N-dealkylation sites (tertiary alicyclic amines) is 1. The molecule has 1 aromatic carbocycles. The number of aryl methyl sites for hydroxylation is 1. The summed E-state index contributed by atoms with van der Waals surface area (Å²) in [6.07, 6.45) is 3.83. The van der Waals surface area contributed by atoms with Crippen molar-refractivity contribution in [2.75, 3.05) is 13.1 Å². The average molecular weight is 499 g/mol. The van der Waals surface area contributed by atoms with Crippen LogP contribution in [0.3, 0.4) is 0 Å². The molecule has 1 aliphatic heterocycles. The van der Waals surface area contributed by atoms with Crippen LogP contribution in [-0.2, 0) is 17.9 Å². The van der Waals surface area contributed by atoms with E-state index in [1.807, 2.05) is 31.2 Å². The molecule has 4 heterocycles. The average Bonchev–Trinajstić information content (AvgIpc) is 3.61. The number of hydrogen-bond donors (Lipinski definition) is 2. The number of benzene rings is 1. The Labute approximate surface area is 213 Å². The van der Waals surface area contributed by atoms with Gasteiger partial charge in [0.25, 0.3) is 11.5 Å². The maximum absolute atomic E-state index is 13.6. The molecule has 1 saturated heterocycles. The number of aromatic amines is 1. The molecule has 3 aromatic heterocycles. The zero-order chi connectivity index (χ0) is 25.9. The van der Waals surface area contributed by atoms with Crippen LogP contribution in [0.25, 0.3) is 22.1 Å². The highest BCUT2D eigenvalue weighted by Gasteiger charge is 2.37. The molecule has 2 N–H and O–H groups in total. The largest absolute Gasteiger partial charge is 0.348 e. The molecule has 0 atom stereocenters. The minimum absolute atomic E-state index is 0.0263. The van der Waals surface area contributed by atoms with E-state index < -0.39 is 11.5 Å². The van der Waals surface area contributed by atoms with Crippen molar-refractivity contribution in [3.8, 4) is 0 Å². The number of fused-ring (bicyclic) bond motifs is 3. The number of hydrogen-bond acceptors (Lipinski definition) is 5. The van der Waals surface area contributed by atoms with Crippen LogP contribution in [0.4, 0.5) is 0 Å². The van der Waals surface area contributed by atoms with E-state index in [0.717, 1.165) is 35.3 Å². The molecule has 1 aliphatic carbocycles. The first-order chi connectivity index (χ1) is 17.7. The molecule has 190 valence electrons. The Morgan fingerprint density at radius 2 is 1.89 bits per heavy atom. The van der Waals surface area contributed by atoms with Crippen molar-refractivity contribution >= 4 is 33.9 Å². The van der Waals surface area contributed by atoms with E-state index in [4.69, 9.17) is 4.98 Å². The van der Waals surface area contributed by atoms with Crippen LogP contribution < -0.4 is 10.9 Å². The molecule has 0 radical (unpaired) electrons. The van der Waals surface area contributed by atoms with Gasteiger partial charge < -0.3 is 15.2 Å². The highest BCUT2D eigenvalue weighted by Crippen LogP contribution is 2.39. The standard InChI is InChI=1S/C28H30N6O3/c1-16-4-6-17(7-5-16)11-30-26(36)20-10-19-23-21(31-24(32-23)18-8-9-18)12-29-25(19)34(27(20)37)13-22(35)33-14-28(2,3)15-33/h4-7,10,12,18H,8-9,11,13-15H2,1-3H3,(H,30,36)(H,31,32). The first-order valence-electron chi connectivity index (χ1n) is 12.7. The van der Waals surface area contributed by atoms with Gasteiger partial charge in [-0.3, -0.25) is 19.0 Å². The van der Waals surface area contributed by atoms with Gasteiger partial charge in [-0.05, 0) is 36.8 Å². The molecule has 2 amide bonds. The smallest absolute Gasteiger partial charge is 0.265 e. The van der Waals surface area contributed by atoms with Gasteiger partial charge in [-0.2, -0.15) is 0 Å².